The van der Waals surface area contributed by atoms with Crippen LogP contribution in [0.15, 0.2) is 12.2 Å². The van der Waals surface area contributed by atoms with Gasteiger partial charge in [0.1, 0.15) is 0 Å². The highest BCUT2D eigenvalue weighted by molar-refractivity contribution is 5.22. The largest absolute Gasteiger partial charge is 0.392 e. The minimum absolute atomic E-state index is 0.0192. The second-order valence-electron chi connectivity index (χ2n) is 6.65. The molecule has 0 unspecified atom stereocenters. The molecule has 5 atom stereocenters. The van der Waals surface area contributed by atoms with Gasteiger partial charge in [-0.25, -0.2) is 0 Å². The number of hydrogen-bond acceptors (Lipinski definition) is 2. The van der Waals surface area contributed by atoms with E-state index in [4.69, 9.17) is 4.74 Å². The van der Waals surface area contributed by atoms with Crippen molar-refractivity contribution in [1.82, 2.24) is 0 Å². The SMILES string of the molecule is C=C1CC[C@@H](O)[C@@]23CC[C@@H](C(C)C)[C@@H](OC2)[C@H]13. The Kier molecular flexibility index (Phi) is 2.64. The van der Waals surface area contributed by atoms with Crippen LogP contribution in [-0.4, -0.2) is 23.9 Å². The molecule has 1 saturated heterocycles. The van der Waals surface area contributed by atoms with Crippen LogP contribution in [0.3, 0.4) is 0 Å². The van der Waals surface area contributed by atoms with Gasteiger partial charge in [0.25, 0.3) is 0 Å². The zero-order chi connectivity index (χ0) is 12.2. The van der Waals surface area contributed by atoms with Crippen LogP contribution in [0, 0.1) is 23.2 Å². The van der Waals surface area contributed by atoms with Crippen molar-refractivity contribution < 1.29 is 9.84 Å². The summed E-state index contributed by atoms with van der Waals surface area (Å²) in [5.74, 6) is 1.74. The highest BCUT2D eigenvalue weighted by Gasteiger charge is 2.60. The molecule has 3 rings (SSSR count). The van der Waals surface area contributed by atoms with Gasteiger partial charge in [0.05, 0.1) is 18.8 Å². The lowest BCUT2D eigenvalue weighted by Gasteiger charge is -2.50. The van der Waals surface area contributed by atoms with Crippen molar-refractivity contribution in [3.8, 4) is 0 Å². The predicted molar refractivity (Wildman–Crippen MR) is 67.6 cm³/mol. The van der Waals surface area contributed by atoms with Crippen LogP contribution >= 0.6 is 0 Å². The standard InChI is InChI=1S/C15H24O2/c1-9(2)11-6-7-15-8-17-14(11)13(15)10(3)4-5-12(15)16/h9,11-14,16H,3-8H2,1-2H3/t11-,12+,13-,14+,15+/m0/s1. The van der Waals surface area contributed by atoms with Crippen molar-refractivity contribution in [2.45, 2.75) is 51.7 Å². The van der Waals surface area contributed by atoms with E-state index < -0.39 is 0 Å². The fraction of sp³-hybridized carbons (Fsp3) is 0.867. The summed E-state index contributed by atoms with van der Waals surface area (Å²) in [5, 5.41) is 10.4. The molecule has 3 fully saturated rings. The third-order valence-electron chi connectivity index (χ3n) is 5.56. The molecule has 0 amide bonds. The van der Waals surface area contributed by atoms with Gasteiger partial charge in [-0.15, -0.1) is 0 Å². The van der Waals surface area contributed by atoms with E-state index in [0.717, 1.165) is 25.9 Å². The van der Waals surface area contributed by atoms with Gasteiger partial charge in [0.2, 0.25) is 0 Å². The van der Waals surface area contributed by atoms with E-state index in [1.807, 2.05) is 0 Å². The lowest BCUT2D eigenvalue weighted by Crippen LogP contribution is -2.51. The Balaban J connectivity index is 1.96. The molecule has 0 aromatic rings. The summed E-state index contributed by atoms with van der Waals surface area (Å²) < 4.78 is 6.11. The molecule has 1 heterocycles. The number of ether oxygens (including phenoxy) is 1. The second-order valence-corrected chi connectivity index (χ2v) is 6.65. The first kappa shape index (κ1) is 11.7. The van der Waals surface area contributed by atoms with Crippen LogP contribution in [0.2, 0.25) is 0 Å². The minimum Gasteiger partial charge on any atom is -0.392 e. The van der Waals surface area contributed by atoms with Crippen LogP contribution < -0.4 is 0 Å². The summed E-state index contributed by atoms with van der Waals surface area (Å²) in [6, 6.07) is 0. The fourth-order valence-electron chi connectivity index (χ4n) is 4.55. The Morgan fingerprint density at radius 2 is 2.18 bits per heavy atom. The zero-order valence-electron chi connectivity index (χ0n) is 11.0. The normalized spacial score (nSPS) is 49.5. The molecule has 2 bridgehead atoms. The summed E-state index contributed by atoms with van der Waals surface area (Å²) in [6.45, 7) is 9.61. The summed E-state index contributed by atoms with van der Waals surface area (Å²) in [6.07, 6.45) is 4.36. The Labute approximate surface area is 104 Å². The predicted octanol–water partition coefficient (Wildman–Crippen LogP) is 2.76. The van der Waals surface area contributed by atoms with E-state index >= 15 is 0 Å². The molecule has 0 aromatic carbocycles. The Hall–Kier alpha value is -0.340. The summed E-state index contributed by atoms with van der Waals surface area (Å²) >= 11 is 0. The molecule has 96 valence electrons. The van der Waals surface area contributed by atoms with E-state index in [2.05, 4.69) is 20.4 Å². The minimum atomic E-state index is -0.170. The molecule has 0 spiro atoms. The highest BCUT2D eigenvalue weighted by Crippen LogP contribution is 2.59. The molecule has 2 nitrogen and oxygen atoms in total. The average Bonchev–Trinajstić information content (AvgIpc) is 2.57. The first-order valence-electron chi connectivity index (χ1n) is 7.03. The molecule has 17 heavy (non-hydrogen) atoms. The van der Waals surface area contributed by atoms with E-state index in [-0.39, 0.29) is 11.5 Å². The maximum absolute atomic E-state index is 10.4. The van der Waals surface area contributed by atoms with Crippen molar-refractivity contribution in [3.63, 3.8) is 0 Å². The third kappa shape index (κ3) is 1.47. The van der Waals surface area contributed by atoms with Crippen molar-refractivity contribution in [2.75, 3.05) is 6.61 Å². The number of hydrogen-bond donors (Lipinski definition) is 1. The molecule has 1 N–H and O–H groups in total. The van der Waals surface area contributed by atoms with Gasteiger partial charge in [0, 0.05) is 11.3 Å². The van der Waals surface area contributed by atoms with Gasteiger partial charge in [-0.1, -0.05) is 26.0 Å². The van der Waals surface area contributed by atoms with Crippen LogP contribution in [0.1, 0.15) is 39.5 Å². The molecular weight excluding hydrogens is 212 g/mol. The number of rotatable bonds is 1. The van der Waals surface area contributed by atoms with Crippen LogP contribution in [0.4, 0.5) is 0 Å². The topological polar surface area (TPSA) is 29.5 Å². The van der Waals surface area contributed by atoms with E-state index in [1.165, 1.54) is 12.0 Å². The van der Waals surface area contributed by atoms with Crippen LogP contribution in [-0.2, 0) is 4.74 Å². The van der Waals surface area contributed by atoms with E-state index in [9.17, 15) is 5.11 Å². The Morgan fingerprint density at radius 1 is 1.41 bits per heavy atom. The molecule has 0 radical (unpaired) electrons. The van der Waals surface area contributed by atoms with Crippen molar-refractivity contribution in [3.05, 3.63) is 12.2 Å². The van der Waals surface area contributed by atoms with Gasteiger partial charge in [-0.2, -0.15) is 0 Å². The van der Waals surface area contributed by atoms with Crippen LogP contribution in [0.25, 0.3) is 0 Å². The first-order valence-corrected chi connectivity index (χ1v) is 7.03. The molecule has 2 saturated carbocycles. The van der Waals surface area contributed by atoms with E-state index in [1.54, 1.807) is 0 Å². The monoisotopic (exact) mass is 236 g/mol. The van der Waals surface area contributed by atoms with Gasteiger partial charge in [-0.05, 0) is 37.5 Å². The average molecular weight is 236 g/mol. The summed E-state index contributed by atoms with van der Waals surface area (Å²) in [5.41, 5.74) is 1.36. The van der Waals surface area contributed by atoms with Crippen LogP contribution in [0.5, 0.6) is 0 Å². The molecule has 0 aromatic heterocycles. The number of aliphatic hydroxyl groups is 1. The smallest absolute Gasteiger partial charge is 0.0678 e. The molecule has 2 aliphatic carbocycles. The van der Waals surface area contributed by atoms with Gasteiger partial charge >= 0.3 is 0 Å². The fourth-order valence-corrected chi connectivity index (χ4v) is 4.55. The maximum atomic E-state index is 10.4. The van der Waals surface area contributed by atoms with E-state index in [0.29, 0.717) is 23.9 Å². The molecular formula is C15H24O2. The maximum Gasteiger partial charge on any atom is 0.0678 e. The third-order valence-corrected chi connectivity index (χ3v) is 5.56. The molecule has 2 heteroatoms. The Morgan fingerprint density at radius 3 is 2.88 bits per heavy atom. The van der Waals surface area contributed by atoms with Crippen molar-refractivity contribution in [2.24, 2.45) is 23.2 Å². The van der Waals surface area contributed by atoms with Crippen molar-refractivity contribution >= 4 is 0 Å². The second kappa shape index (κ2) is 3.83. The molecule has 3 aliphatic rings. The highest BCUT2D eigenvalue weighted by atomic mass is 16.5. The van der Waals surface area contributed by atoms with Gasteiger partial charge < -0.3 is 9.84 Å². The quantitative estimate of drug-likeness (QED) is 0.709. The first-order chi connectivity index (χ1) is 8.06. The lowest BCUT2D eigenvalue weighted by molar-refractivity contribution is -0.0442. The number of aliphatic hydroxyl groups excluding tert-OH is 1. The summed E-state index contributed by atoms with van der Waals surface area (Å²) in [7, 11) is 0. The Bertz CT molecular complexity index is 336. The van der Waals surface area contributed by atoms with Crippen molar-refractivity contribution in [1.29, 1.82) is 0 Å². The zero-order valence-corrected chi connectivity index (χ0v) is 11.0. The summed E-state index contributed by atoms with van der Waals surface area (Å²) in [4.78, 5) is 0. The lowest BCUT2D eigenvalue weighted by atomic mass is 9.54. The molecule has 1 aliphatic heterocycles. The van der Waals surface area contributed by atoms with Gasteiger partial charge in [0.15, 0.2) is 0 Å². The van der Waals surface area contributed by atoms with Gasteiger partial charge in [-0.3, -0.25) is 0 Å².